The molecule has 4 aromatic rings. The fraction of sp³-hybridized carbons (Fsp3) is 0.250. The first-order chi connectivity index (χ1) is 16.8. The molecule has 0 aliphatic carbocycles. The lowest BCUT2D eigenvalue weighted by atomic mass is 10.1. The summed E-state index contributed by atoms with van der Waals surface area (Å²) in [6.07, 6.45) is 1.45. The van der Waals surface area contributed by atoms with Gasteiger partial charge in [-0.05, 0) is 49.1 Å². The van der Waals surface area contributed by atoms with Crippen molar-refractivity contribution in [2.24, 2.45) is 5.92 Å². The molecule has 35 heavy (non-hydrogen) atoms. The Morgan fingerprint density at radius 2 is 1.71 bits per heavy atom. The third-order valence-electron chi connectivity index (χ3n) is 5.66. The lowest BCUT2D eigenvalue weighted by Gasteiger charge is -2.23. The largest absolute Gasteiger partial charge is 0.459 e. The van der Waals surface area contributed by atoms with E-state index in [-0.39, 0.29) is 30.0 Å². The van der Waals surface area contributed by atoms with Gasteiger partial charge in [0.1, 0.15) is 12.4 Å². The van der Waals surface area contributed by atoms with Crippen LogP contribution in [0.15, 0.2) is 77.4 Å². The molecule has 0 saturated carbocycles. The van der Waals surface area contributed by atoms with E-state index in [2.05, 4.69) is 5.32 Å². The smallest absolute Gasteiger partial charge is 0.290 e. The average molecular weight is 471 g/mol. The second-order valence-corrected chi connectivity index (χ2v) is 8.98. The fourth-order valence-electron chi connectivity index (χ4n) is 4.13. The van der Waals surface area contributed by atoms with Crippen molar-refractivity contribution in [1.29, 1.82) is 0 Å². The zero-order valence-electron chi connectivity index (χ0n) is 20.5. The molecule has 0 aliphatic rings. The Hall–Kier alpha value is -4.13. The first-order valence-electron chi connectivity index (χ1n) is 11.7. The Morgan fingerprint density at radius 1 is 1.00 bits per heavy atom. The van der Waals surface area contributed by atoms with E-state index >= 15 is 0 Å². The molecular formula is C28H30N4O3. The fourth-order valence-corrected chi connectivity index (χ4v) is 4.13. The number of aromatic nitrogens is 2. The third kappa shape index (κ3) is 5.35. The molecule has 0 atom stereocenters. The van der Waals surface area contributed by atoms with Crippen LogP contribution in [0.5, 0.6) is 0 Å². The molecule has 0 saturated heterocycles. The van der Waals surface area contributed by atoms with E-state index in [4.69, 9.17) is 9.52 Å². The minimum Gasteiger partial charge on any atom is -0.459 e. The number of hydrogen-bond donors (Lipinski definition) is 1. The van der Waals surface area contributed by atoms with Crippen LogP contribution in [0.1, 0.15) is 35.7 Å². The monoisotopic (exact) mass is 470 g/mol. The van der Waals surface area contributed by atoms with Crippen molar-refractivity contribution in [3.8, 4) is 16.8 Å². The van der Waals surface area contributed by atoms with Crippen LogP contribution < -0.4 is 5.32 Å². The van der Waals surface area contributed by atoms with E-state index in [1.165, 1.54) is 11.2 Å². The summed E-state index contributed by atoms with van der Waals surface area (Å²) in [5.41, 5.74) is 4.49. The summed E-state index contributed by atoms with van der Waals surface area (Å²) in [7, 11) is 0. The molecule has 0 fully saturated rings. The summed E-state index contributed by atoms with van der Waals surface area (Å²) >= 11 is 0. The van der Waals surface area contributed by atoms with Crippen molar-refractivity contribution in [3.05, 3.63) is 90.0 Å². The highest BCUT2D eigenvalue weighted by Crippen LogP contribution is 2.34. The second-order valence-electron chi connectivity index (χ2n) is 8.98. The van der Waals surface area contributed by atoms with Crippen molar-refractivity contribution >= 4 is 17.6 Å². The zero-order valence-corrected chi connectivity index (χ0v) is 20.5. The lowest BCUT2D eigenvalue weighted by Crippen LogP contribution is -2.40. The highest BCUT2D eigenvalue weighted by molar-refractivity contribution is 6.00. The second kappa shape index (κ2) is 10.4. The van der Waals surface area contributed by atoms with Crippen LogP contribution in [0, 0.1) is 19.8 Å². The highest BCUT2D eigenvalue weighted by Gasteiger charge is 2.25. The first kappa shape index (κ1) is 24.0. The van der Waals surface area contributed by atoms with Gasteiger partial charge in [0.15, 0.2) is 5.76 Å². The van der Waals surface area contributed by atoms with Gasteiger partial charge in [0, 0.05) is 12.1 Å². The van der Waals surface area contributed by atoms with Crippen LogP contribution in [0.4, 0.5) is 5.82 Å². The Kier molecular flexibility index (Phi) is 7.15. The number of para-hydroxylation sites is 1. The summed E-state index contributed by atoms with van der Waals surface area (Å²) in [6.45, 7) is 8.26. The minimum atomic E-state index is -0.314. The quantitative estimate of drug-likeness (QED) is 0.369. The van der Waals surface area contributed by atoms with E-state index in [0.29, 0.717) is 12.4 Å². The van der Waals surface area contributed by atoms with Gasteiger partial charge < -0.3 is 14.6 Å². The van der Waals surface area contributed by atoms with Crippen LogP contribution in [0.3, 0.4) is 0 Å². The topological polar surface area (TPSA) is 80.4 Å². The van der Waals surface area contributed by atoms with Crippen LogP contribution in [-0.4, -0.2) is 39.6 Å². The Balaban J connectivity index is 1.70. The molecule has 0 bridgehead atoms. The maximum atomic E-state index is 13.4. The van der Waals surface area contributed by atoms with Crippen LogP contribution >= 0.6 is 0 Å². The van der Waals surface area contributed by atoms with Crippen molar-refractivity contribution in [3.63, 3.8) is 0 Å². The minimum absolute atomic E-state index is 0.107. The number of rotatable bonds is 8. The normalized spacial score (nSPS) is 11.0. The van der Waals surface area contributed by atoms with Gasteiger partial charge in [-0.15, -0.1) is 0 Å². The molecule has 2 aromatic heterocycles. The Bertz CT molecular complexity index is 1310. The molecule has 0 spiro atoms. The van der Waals surface area contributed by atoms with E-state index in [1.807, 2.05) is 82.3 Å². The molecule has 0 aliphatic heterocycles. The summed E-state index contributed by atoms with van der Waals surface area (Å²) in [4.78, 5) is 27.9. The van der Waals surface area contributed by atoms with Crippen molar-refractivity contribution in [2.45, 2.75) is 27.7 Å². The molecule has 180 valence electrons. The lowest BCUT2D eigenvalue weighted by molar-refractivity contribution is -0.117. The van der Waals surface area contributed by atoms with Crippen LogP contribution in [0.25, 0.3) is 16.8 Å². The molecule has 2 aromatic carbocycles. The van der Waals surface area contributed by atoms with Gasteiger partial charge >= 0.3 is 0 Å². The molecule has 4 rings (SSSR count). The number of amides is 2. The van der Waals surface area contributed by atoms with Gasteiger partial charge in [-0.2, -0.15) is 5.10 Å². The summed E-state index contributed by atoms with van der Waals surface area (Å²) in [5.74, 6) is 0.344. The van der Waals surface area contributed by atoms with Gasteiger partial charge in [0.2, 0.25) is 5.91 Å². The maximum absolute atomic E-state index is 13.4. The van der Waals surface area contributed by atoms with Gasteiger partial charge in [0.05, 0.1) is 17.6 Å². The molecular weight excluding hydrogens is 440 g/mol. The molecule has 1 N–H and O–H groups in total. The Labute approximate surface area is 205 Å². The molecule has 2 amide bonds. The number of aryl methyl sites for hydroxylation is 2. The molecule has 2 heterocycles. The summed E-state index contributed by atoms with van der Waals surface area (Å²) in [6, 6.07) is 21.0. The number of hydrogen-bond acceptors (Lipinski definition) is 4. The van der Waals surface area contributed by atoms with Gasteiger partial charge in [0.25, 0.3) is 5.91 Å². The van der Waals surface area contributed by atoms with Gasteiger partial charge in [-0.25, -0.2) is 4.68 Å². The molecule has 7 heteroatoms. The number of furan rings is 1. The maximum Gasteiger partial charge on any atom is 0.290 e. The van der Waals surface area contributed by atoms with Crippen LogP contribution in [-0.2, 0) is 4.79 Å². The van der Waals surface area contributed by atoms with Crippen molar-refractivity contribution in [2.75, 3.05) is 18.4 Å². The molecule has 7 nitrogen and oxygen atoms in total. The summed E-state index contributed by atoms with van der Waals surface area (Å²) in [5, 5.41) is 7.85. The van der Waals surface area contributed by atoms with E-state index in [0.717, 1.165) is 28.1 Å². The highest BCUT2D eigenvalue weighted by atomic mass is 16.3. The van der Waals surface area contributed by atoms with Crippen molar-refractivity contribution < 1.29 is 14.0 Å². The number of benzene rings is 2. The predicted molar refractivity (Wildman–Crippen MR) is 137 cm³/mol. The molecule has 0 unspecified atom stereocenters. The molecule has 0 radical (unpaired) electrons. The SMILES string of the molecule is Cc1ccccc1-n1nc(C)c(-c2ccccc2)c1NC(=O)CN(CC(C)C)C(=O)c1ccco1. The van der Waals surface area contributed by atoms with E-state index < -0.39 is 0 Å². The van der Waals surface area contributed by atoms with Gasteiger partial charge in [-0.3, -0.25) is 9.59 Å². The number of carbonyl (C=O) groups excluding carboxylic acids is 2. The van der Waals surface area contributed by atoms with Gasteiger partial charge in [-0.1, -0.05) is 62.4 Å². The standard InChI is InChI=1S/C28H30N4O3/c1-19(2)17-31(28(34)24-15-10-16-35-24)18-25(33)29-27-26(22-12-6-5-7-13-22)21(4)30-32(27)23-14-9-8-11-20(23)3/h5-16,19H,17-18H2,1-4H3,(H,29,33). The first-order valence-corrected chi connectivity index (χ1v) is 11.7. The predicted octanol–water partition coefficient (Wildman–Crippen LogP) is 5.49. The Morgan fingerprint density at radius 3 is 2.37 bits per heavy atom. The average Bonchev–Trinajstić information content (AvgIpc) is 3.47. The van der Waals surface area contributed by atoms with Crippen LogP contribution in [0.2, 0.25) is 0 Å². The number of anilines is 1. The van der Waals surface area contributed by atoms with Crippen molar-refractivity contribution in [1.82, 2.24) is 14.7 Å². The number of nitrogens with zero attached hydrogens (tertiary/aromatic N) is 3. The van der Waals surface area contributed by atoms with E-state index in [1.54, 1.807) is 16.8 Å². The number of nitrogens with one attached hydrogen (secondary N) is 1. The van der Waals surface area contributed by atoms with E-state index in [9.17, 15) is 9.59 Å². The number of carbonyl (C=O) groups is 2. The third-order valence-corrected chi connectivity index (χ3v) is 5.66. The zero-order chi connectivity index (χ0) is 24.9. The summed E-state index contributed by atoms with van der Waals surface area (Å²) < 4.78 is 7.06.